The quantitative estimate of drug-likeness (QED) is 0.677. The lowest BCUT2D eigenvalue weighted by Crippen LogP contribution is -2.31. The molecule has 2 aromatic carbocycles. The van der Waals surface area contributed by atoms with Gasteiger partial charge in [0.1, 0.15) is 0 Å². The number of aryl methyl sites for hydroxylation is 1. The van der Waals surface area contributed by atoms with Crippen LogP contribution >= 0.6 is 24.0 Å². The Hall–Kier alpha value is -1.80. The van der Waals surface area contributed by atoms with Crippen LogP contribution < -0.4 is 11.1 Å². The summed E-state index contributed by atoms with van der Waals surface area (Å²) in [5, 5.41) is 2.91. The molecule has 0 aromatic heterocycles. The van der Waals surface area contributed by atoms with Gasteiger partial charge in [-0.3, -0.25) is 4.79 Å². The number of anilines is 2. The highest BCUT2D eigenvalue weighted by Gasteiger charge is 2.24. The molecular weight excluding hydrogens is 409 g/mol. The predicted molar refractivity (Wildman–Crippen MR) is 112 cm³/mol. The number of carbonyl (C=O) groups excluding carboxylic acids is 1. The largest absolute Gasteiger partial charge is 0.399 e. The average Bonchev–Trinajstić information content (AvgIpc) is 2.57. The third-order valence-electron chi connectivity index (χ3n) is 4.01. The first kappa shape index (κ1) is 23.2. The third kappa shape index (κ3) is 5.13. The standard InChI is InChI=1S/C18H22ClN3O3S.ClH/c1-4-22(5-2)26(24,25)17-11-14(8-6-12(17)3)21-18(23)15-9-7-13(20)10-16(15)19;/h6-11H,4-5,20H2,1-3H3,(H,21,23);1H. The first-order valence-electron chi connectivity index (χ1n) is 8.17. The van der Waals surface area contributed by atoms with Gasteiger partial charge in [0.15, 0.2) is 0 Å². The zero-order valence-corrected chi connectivity index (χ0v) is 17.7. The molecule has 0 atom stereocenters. The number of rotatable bonds is 6. The Kier molecular flexibility index (Phi) is 8.10. The molecule has 0 fully saturated rings. The summed E-state index contributed by atoms with van der Waals surface area (Å²) in [6.07, 6.45) is 0. The number of nitrogen functional groups attached to an aromatic ring is 1. The fraction of sp³-hybridized carbons (Fsp3) is 0.278. The molecule has 27 heavy (non-hydrogen) atoms. The number of hydrogen-bond donors (Lipinski definition) is 2. The topological polar surface area (TPSA) is 92.5 Å². The van der Waals surface area contributed by atoms with Gasteiger partial charge in [0, 0.05) is 24.5 Å². The van der Waals surface area contributed by atoms with E-state index < -0.39 is 15.9 Å². The highest BCUT2D eigenvalue weighted by atomic mass is 35.5. The summed E-state index contributed by atoms with van der Waals surface area (Å²) < 4.78 is 27.0. The van der Waals surface area contributed by atoms with Crippen LogP contribution in [-0.2, 0) is 10.0 Å². The molecule has 2 rings (SSSR count). The Bertz CT molecular complexity index is 929. The average molecular weight is 432 g/mol. The summed E-state index contributed by atoms with van der Waals surface area (Å²) in [7, 11) is -3.63. The first-order valence-corrected chi connectivity index (χ1v) is 9.99. The number of hydrogen-bond acceptors (Lipinski definition) is 4. The number of sulfonamides is 1. The zero-order chi connectivity index (χ0) is 19.5. The molecule has 0 heterocycles. The van der Waals surface area contributed by atoms with Crippen LogP contribution in [0.5, 0.6) is 0 Å². The van der Waals surface area contributed by atoms with Crippen molar-refractivity contribution in [1.29, 1.82) is 0 Å². The minimum absolute atomic E-state index is 0. The third-order valence-corrected chi connectivity index (χ3v) is 6.51. The maximum atomic E-state index is 12.8. The number of carbonyl (C=O) groups is 1. The van der Waals surface area contributed by atoms with Crippen molar-refractivity contribution in [3.63, 3.8) is 0 Å². The van der Waals surface area contributed by atoms with Gasteiger partial charge in [0.25, 0.3) is 5.91 Å². The number of nitrogens with one attached hydrogen (secondary N) is 1. The van der Waals surface area contributed by atoms with E-state index in [1.54, 1.807) is 39.0 Å². The van der Waals surface area contributed by atoms with Gasteiger partial charge in [-0.15, -0.1) is 12.4 Å². The minimum Gasteiger partial charge on any atom is -0.399 e. The van der Waals surface area contributed by atoms with Crippen LogP contribution in [0.3, 0.4) is 0 Å². The van der Waals surface area contributed by atoms with E-state index in [1.165, 1.54) is 22.5 Å². The highest BCUT2D eigenvalue weighted by Crippen LogP contribution is 2.25. The Morgan fingerprint density at radius 3 is 2.33 bits per heavy atom. The van der Waals surface area contributed by atoms with Gasteiger partial charge < -0.3 is 11.1 Å². The number of halogens is 2. The van der Waals surface area contributed by atoms with E-state index in [2.05, 4.69) is 5.32 Å². The van der Waals surface area contributed by atoms with Crippen molar-refractivity contribution in [2.45, 2.75) is 25.7 Å². The monoisotopic (exact) mass is 431 g/mol. The molecule has 0 spiro atoms. The second kappa shape index (κ2) is 9.41. The van der Waals surface area contributed by atoms with Crippen LogP contribution in [0.1, 0.15) is 29.8 Å². The number of nitrogens with zero attached hydrogens (tertiary/aromatic N) is 1. The lowest BCUT2D eigenvalue weighted by Gasteiger charge is -2.20. The second-order valence-electron chi connectivity index (χ2n) is 5.76. The lowest BCUT2D eigenvalue weighted by molar-refractivity contribution is 0.102. The van der Waals surface area contributed by atoms with E-state index in [4.69, 9.17) is 17.3 Å². The van der Waals surface area contributed by atoms with E-state index in [0.717, 1.165) is 0 Å². The predicted octanol–water partition coefficient (Wildman–Crippen LogP) is 3.94. The first-order chi connectivity index (χ1) is 12.2. The van der Waals surface area contributed by atoms with Crippen LogP contribution in [-0.4, -0.2) is 31.7 Å². The van der Waals surface area contributed by atoms with Gasteiger partial charge in [-0.1, -0.05) is 31.5 Å². The molecule has 0 saturated heterocycles. The number of nitrogens with two attached hydrogens (primary N) is 1. The molecule has 0 bridgehead atoms. The van der Waals surface area contributed by atoms with Crippen molar-refractivity contribution >= 4 is 51.3 Å². The fourth-order valence-corrected chi connectivity index (χ4v) is 4.56. The van der Waals surface area contributed by atoms with Crippen LogP contribution in [0.25, 0.3) is 0 Å². The van der Waals surface area contributed by atoms with Crippen molar-refractivity contribution < 1.29 is 13.2 Å². The van der Waals surface area contributed by atoms with Crippen LogP contribution in [0.4, 0.5) is 11.4 Å². The maximum absolute atomic E-state index is 12.8. The van der Waals surface area contributed by atoms with Crippen molar-refractivity contribution in [3.05, 3.63) is 52.5 Å². The van der Waals surface area contributed by atoms with Crippen molar-refractivity contribution in [3.8, 4) is 0 Å². The lowest BCUT2D eigenvalue weighted by atomic mass is 10.1. The molecule has 0 aliphatic rings. The van der Waals surface area contributed by atoms with Crippen LogP contribution in [0, 0.1) is 6.92 Å². The van der Waals surface area contributed by atoms with E-state index in [-0.39, 0.29) is 27.9 Å². The van der Waals surface area contributed by atoms with Gasteiger partial charge in [-0.25, -0.2) is 8.42 Å². The van der Waals surface area contributed by atoms with Gasteiger partial charge >= 0.3 is 0 Å². The molecule has 0 unspecified atom stereocenters. The summed E-state index contributed by atoms with van der Waals surface area (Å²) in [5.41, 5.74) is 7.33. The molecular formula is C18H23Cl2N3O3S. The van der Waals surface area contributed by atoms with Crippen molar-refractivity contribution in [2.75, 3.05) is 24.1 Å². The molecule has 0 saturated carbocycles. The number of amides is 1. The smallest absolute Gasteiger partial charge is 0.257 e. The molecule has 9 heteroatoms. The summed E-state index contributed by atoms with van der Waals surface area (Å²) in [4.78, 5) is 12.6. The molecule has 2 aromatic rings. The second-order valence-corrected chi connectivity index (χ2v) is 8.08. The summed E-state index contributed by atoms with van der Waals surface area (Å²) in [6.45, 7) is 6.03. The molecule has 0 radical (unpaired) electrons. The molecule has 1 amide bonds. The van der Waals surface area contributed by atoms with Crippen molar-refractivity contribution in [1.82, 2.24) is 4.31 Å². The van der Waals surface area contributed by atoms with Gasteiger partial charge in [0.05, 0.1) is 15.5 Å². The van der Waals surface area contributed by atoms with Crippen LogP contribution in [0.15, 0.2) is 41.3 Å². The van der Waals surface area contributed by atoms with Crippen LogP contribution in [0.2, 0.25) is 5.02 Å². The molecule has 148 valence electrons. The van der Waals surface area contributed by atoms with Gasteiger partial charge in [0.2, 0.25) is 10.0 Å². The molecule has 0 aliphatic heterocycles. The maximum Gasteiger partial charge on any atom is 0.257 e. The van der Waals surface area contributed by atoms with E-state index >= 15 is 0 Å². The SMILES string of the molecule is CCN(CC)S(=O)(=O)c1cc(NC(=O)c2ccc(N)cc2Cl)ccc1C.Cl. The summed E-state index contributed by atoms with van der Waals surface area (Å²) >= 11 is 6.06. The zero-order valence-electron chi connectivity index (χ0n) is 15.3. The van der Waals surface area contributed by atoms with E-state index in [9.17, 15) is 13.2 Å². The Labute approximate surface area is 171 Å². The van der Waals surface area contributed by atoms with Crippen molar-refractivity contribution in [2.24, 2.45) is 0 Å². The minimum atomic E-state index is -3.63. The molecule has 6 nitrogen and oxygen atoms in total. The van der Waals surface area contributed by atoms with E-state index in [0.29, 0.717) is 30.0 Å². The highest BCUT2D eigenvalue weighted by molar-refractivity contribution is 7.89. The van der Waals surface area contributed by atoms with Gasteiger partial charge in [-0.2, -0.15) is 4.31 Å². The van der Waals surface area contributed by atoms with Gasteiger partial charge in [-0.05, 0) is 42.8 Å². The Morgan fingerprint density at radius 2 is 1.78 bits per heavy atom. The normalized spacial score (nSPS) is 11.1. The summed E-state index contributed by atoms with van der Waals surface area (Å²) in [5.74, 6) is -0.440. The Morgan fingerprint density at radius 1 is 1.15 bits per heavy atom. The fourth-order valence-electron chi connectivity index (χ4n) is 2.57. The molecule has 3 N–H and O–H groups in total. The Balaban J connectivity index is 0.00000364. The molecule has 0 aliphatic carbocycles. The van der Waals surface area contributed by atoms with E-state index in [1.807, 2.05) is 0 Å². The summed E-state index contributed by atoms with van der Waals surface area (Å²) in [6, 6.07) is 9.37. The number of benzene rings is 2.